The SMILES string of the molecule is CCN(CCCN(C)C)S(=O)(=O)c1ccc(CN)o1. The summed E-state index contributed by atoms with van der Waals surface area (Å²) in [4.78, 5) is 2.03. The van der Waals surface area contributed by atoms with Crippen LogP contribution in [0.25, 0.3) is 0 Å². The highest BCUT2D eigenvalue weighted by Gasteiger charge is 2.26. The minimum absolute atomic E-state index is 0.0281. The Morgan fingerprint density at radius 2 is 1.95 bits per heavy atom. The lowest BCUT2D eigenvalue weighted by Gasteiger charge is -2.20. The van der Waals surface area contributed by atoms with Crippen molar-refractivity contribution in [1.29, 1.82) is 0 Å². The molecule has 0 amide bonds. The highest BCUT2D eigenvalue weighted by atomic mass is 32.2. The molecule has 0 aromatic carbocycles. The molecule has 0 saturated heterocycles. The normalized spacial score (nSPS) is 12.5. The summed E-state index contributed by atoms with van der Waals surface area (Å²) in [6.07, 6.45) is 0.782. The van der Waals surface area contributed by atoms with E-state index in [1.54, 1.807) is 6.07 Å². The Balaban J connectivity index is 2.77. The van der Waals surface area contributed by atoms with E-state index in [1.807, 2.05) is 25.9 Å². The molecule has 0 atom stereocenters. The Bertz CT molecular complexity index is 482. The molecule has 7 heteroatoms. The summed E-state index contributed by atoms with van der Waals surface area (Å²) in [5.74, 6) is 0.475. The van der Waals surface area contributed by atoms with Gasteiger partial charge in [-0.25, -0.2) is 8.42 Å². The molecule has 1 aromatic rings. The van der Waals surface area contributed by atoms with Gasteiger partial charge in [0.25, 0.3) is 10.0 Å². The van der Waals surface area contributed by atoms with E-state index in [2.05, 4.69) is 0 Å². The van der Waals surface area contributed by atoms with E-state index in [9.17, 15) is 8.42 Å². The average Bonchev–Trinajstić information content (AvgIpc) is 2.83. The van der Waals surface area contributed by atoms with Crippen molar-refractivity contribution in [2.24, 2.45) is 5.73 Å². The highest BCUT2D eigenvalue weighted by molar-refractivity contribution is 7.89. The van der Waals surface area contributed by atoms with Crippen LogP contribution in [0.4, 0.5) is 0 Å². The molecule has 0 aliphatic carbocycles. The molecule has 0 radical (unpaired) electrons. The van der Waals surface area contributed by atoms with Gasteiger partial charge in [-0.05, 0) is 39.2 Å². The molecule has 6 nitrogen and oxygen atoms in total. The first-order chi connectivity index (χ1) is 8.91. The van der Waals surface area contributed by atoms with E-state index in [1.165, 1.54) is 10.4 Å². The predicted molar refractivity (Wildman–Crippen MR) is 74.2 cm³/mol. The molecule has 0 aliphatic heterocycles. The van der Waals surface area contributed by atoms with Crippen molar-refractivity contribution in [2.45, 2.75) is 25.0 Å². The minimum atomic E-state index is -3.55. The van der Waals surface area contributed by atoms with Crippen molar-refractivity contribution in [3.8, 4) is 0 Å². The van der Waals surface area contributed by atoms with Crippen LogP contribution in [0.3, 0.4) is 0 Å². The van der Waals surface area contributed by atoms with Gasteiger partial charge in [-0.3, -0.25) is 0 Å². The third-order valence-electron chi connectivity index (χ3n) is 2.80. The molecule has 1 aromatic heterocycles. The molecule has 0 fully saturated rings. The van der Waals surface area contributed by atoms with Crippen LogP contribution >= 0.6 is 0 Å². The van der Waals surface area contributed by atoms with Crippen molar-refractivity contribution in [1.82, 2.24) is 9.21 Å². The van der Waals surface area contributed by atoms with Crippen molar-refractivity contribution < 1.29 is 12.8 Å². The first kappa shape index (κ1) is 16.2. The third-order valence-corrected chi connectivity index (χ3v) is 4.65. The zero-order valence-electron chi connectivity index (χ0n) is 11.8. The first-order valence-corrected chi connectivity index (χ1v) is 7.79. The van der Waals surface area contributed by atoms with Crippen LogP contribution < -0.4 is 5.73 Å². The Kier molecular flexibility index (Phi) is 5.99. The summed E-state index contributed by atoms with van der Waals surface area (Å²) in [6.45, 7) is 3.77. The first-order valence-electron chi connectivity index (χ1n) is 6.35. The maximum atomic E-state index is 12.3. The standard InChI is InChI=1S/C12H23N3O3S/c1-4-15(9-5-8-14(2)3)19(16,17)12-7-6-11(10-13)18-12/h6-7H,4-5,8-10,13H2,1-3H3. The Morgan fingerprint density at radius 1 is 1.26 bits per heavy atom. The summed E-state index contributed by atoms with van der Waals surface area (Å²) in [7, 11) is 0.381. The van der Waals surface area contributed by atoms with Gasteiger partial charge in [0.1, 0.15) is 5.76 Å². The van der Waals surface area contributed by atoms with Gasteiger partial charge in [0.05, 0.1) is 6.54 Å². The molecule has 19 heavy (non-hydrogen) atoms. The summed E-state index contributed by atoms with van der Waals surface area (Å²) in [5.41, 5.74) is 5.42. The zero-order valence-corrected chi connectivity index (χ0v) is 12.6. The molecule has 0 spiro atoms. The predicted octanol–water partition coefficient (Wildman–Crippen LogP) is 0.701. The van der Waals surface area contributed by atoms with Crippen molar-refractivity contribution in [3.05, 3.63) is 17.9 Å². The largest absolute Gasteiger partial charge is 0.447 e. The molecule has 1 heterocycles. The van der Waals surface area contributed by atoms with E-state index >= 15 is 0 Å². The number of hydrogen-bond acceptors (Lipinski definition) is 5. The summed E-state index contributed by atoms with van der Waals surface area (Å²) >= 11 is 0. The van der Waals surface area contributed by atoms with Crippen LogP contribution in [0.5, 0.6) is 0 Å². The number of furan rings is 1. The quantitative estimate of drug-likeness (QED) is 0.762. The average molecular weight is 289 g/mol. The molecule has 0 unspecified atom stereocenters. The minimum Gasteiger partial charge on any atom is -0.447 e. The Hall–Kier alpha value is -0.890. The summed E-state index contributed by atoms with van der Waals surface area (Å²) in [6, 6.07) is 3.06. The fraction of sp³-hybridized carbons (Fsp3) is 0.667. The number of nitrogens with zero attached hydrogens (tertiary/aromatic N) is 2. The van der Waals surface area contributed by atoms with Crippen LogP contribution in [-0.2, 0) is 16.6 Å². The van der Waals surface area contributed by atoms with Crippen molar-refractivity contribution in [2.75, 3.05) is 33.7 Å². The zero-order chi connectivity index (χ0) is 14.5. The number of sulfonamides is 1. The molecule has 0 bridgehead atoms. The molecular weight excluding hydrogens is 266 g/mol. The summed E-state index contributed by atoms with van der Waals surface area (Å²) < 4.78 is 31.4. The van der Waals surface area contributed by atoms with Gasteiger partial charge in [0.15, 0.2) is 0 Å². The van der Waals surface area contributed by atoms with Gasteiger partial charge in [0, 0.05) is 13.1 Å². The van der Waals surface area contributed by atoms with Crippen molar-refractivity contribution in [3.63, 3.8) is 0 Å². The molecule has 110 valence electrons. The van der Waals surface area contributed by atoms with E-state index in [0.717, 1.165) is 13.0 Å². The van der Waals surface area contributed by atoms with Crippen LogP contribution in [0.2, 0.25) is 0 Å². The number of rotatable bonds is 8. The smallest absolute Gasteiger partial charge is 0.276 e. The van der Waals surface area contributed by atoms with E-state index in [-0.39, 0.29) is 11.6 Å². The topological polar surface area (TPSA) is 79.8 Å². The lowest BCUT2D eigenvalue weighted by Crippen LogP contribution is -2.33. The van der Waals surface area contributed by atoms with Gasteiger partial charge in [-0.1, -0.05) is 6.92 Å². The van der Waals surface area contributed by atoms with Gasteiger partial charge in [0.2, 0.25) is 5.09 Å². The monoisotopic (exact) mass is 289 g/mol. The fourth-order valence-electron chi connectivity index (χ4n) is 1.75. The molecule has 0 aliphatic rings. The maximum Gasteiger partial charge on any atom is 0.276 e. The Morgan fingerprint density at radius 3 is 2.42 bits per heavy atom. The van der Waals surface area contributed by atoms with Crippen LogP contribution in [-0.4, -0.2) is 51.4 Å². The van der Waals surface area contributed by atoms with Gasteiger partial charge in [-0.15, -0.1) is 0 Å². The van der Waals surface area contributed by atoms with Gasteiger partial charge >= 0.3 is 0 Å². The summed E-state index contributed by atoms with van der Waals surface area (Å²) in [5, 5.41) is -0.0281. The lowest BCUT2D eigenvalue weighted by atomic mass is 10.4. The van der Waals surface area contributed by atoms with Crippen LogP contribution in [0.1, 0.15) is 19.1 Å². The second kappa shape index (κ2) is 7.04. The van der Waals surface area contributed by atoms with Crippen LogP contribution in [0, 0.1) is 0 Å². The van der Waals surface area contributed by atoms with E-state index in [4.69, 9.17) is 10.2 Å². The van der Waals surface area contributed by atoms with Crippen LogP contribution in [0.15, 0.2) is 21.6 Å². The number of nitrogens with two attached hydrogens (primary N) is 1. The molecular formula is C12H23N3O3S. The van der Waals surface area contributed by atoms with E-state index < -0.39 is 10.0 Å². The maximum absolute atomic E-state index is 12.3. The second-order valence-electron chi connectivity index (χ2n) is 4.58. The molecule has 0 saturated carbocycles. The van der Waals surface area contributed by atoms with Gasteiger partial charge < -0.3 is 15.1 Å². The lowest BCUT2D eigenvalue weighted by molar-refractivity contribution is 0.343. The molecule has 1 rings (SSSR count). The van der Waals surface area contributed by atoms with Gasteiger partial charge in [-0.2, -0.15) is 4.31 Å². The molecule has 2 N–H and O–H groups in total. The highest BCUT2D eigenvalue weighted by Crippen LogP contribution is 2.18. The Labute approximate surface area is 115 Å². The fourth-order valence-corrected chi connectivity index (χ4v) is 3.16. The van der Waals surface area contributed by atoms with Crippen molar-refractivity contribution >= 4 is 10.0 Å². The third kappa shape index (κ3) is 4.31. The number of hydrogen-bond donors (Lipinski definition) is 1. The second-order valence-corrected chi connectivity index (χ2v) is 6.45. The van der Waals surface area contributed by atoms with E-state index in [0.29, 0.717) is 18.8 Å².